The van der Waals surface area contributed by atoms with Crippen molar-refractivity contribution in [1.29, 1.82) is 0 Å². The summed E-state index contributed by atoms with van der Waals surface area (Å²) < 4.78 is 22.2. The van der Waals surface area contributed by atoms with Crippen LogP contribution in [0.15, 0.2) is 40.8 Å². The van der Waals surface area contributed by atoms with Crippen molar-refractivity contribution in [2.45, 2.75) is 25.2 Å². The molecule has 0 spiro atoms. The lowest BCUT2D eigenvalue weighted by atomic mass is 9.96. The van der Waals surface area contributed by atoms with Crippen LogP contribution in [-0.4, -0.2) is 50.2 Å². The van der Waals surface area contributed by atoms with Gasteiger partial charge >= 0.3 is 0 Å². The minimum absolute atomic E-state index is 0.0662. The van der Waals surface area contributed by atoms with Crippen molar-refractivity contribution < 1.29 is 23.4 Å². The zero-order chi connectivity index (χ0) is 21.1. The van der Waals surface area contributed by atoms with Crippen molar-refractivity contribution in [2.24, 2.45) is 0 Å². The summed E-state index contributed by atoms with van der Waals surface area (Å²) in [6.07, 6.45) is 1.92. The highest BCUT2D eigenvalue weighted by atomic mass is 16.5. The Kier molecular flexibility index (Phi) is 5.79. The SMILES string of the molecule is COc1ccc(CC(=O)N2CCC(c3nc4ccccc4o3)CC2)c(OC)c1OC. The summed E-state index contributed by atoms with van der Waals surface area (Å²) in [5, 5.41) is 0. The van der Waals surface area contributed by atoms with Crippen LogP contribution >= 0.6 is 0 Å². The van der Waals surface area contributed by atoms with Gasteiger partial charge in [-0.25, -0.2) is 4.98 Å². The van der Waals surface area contributed by atoms with Crippen molar-refractivity contribution in [3.63, 3.8) is 0 Å². The van der Waals surface area contributed by atoms with Gasteiger partial charge in [-0.2, -0.15) is 0 Å². The Balaban J connectivity index is 1.42. The molecule has 3 aromatic rings. The van der Waals surface area contributed by atoms with Gasteiger partial charge in [-0.1, -0.05) is 18.2 Å². The highest BCUT2D eigenvalue weighted by Crippen LogP contribution is 2.40. The van der Waals surface area contributed by atoms with E-state index in [1.165, 1.54) is 0 Å². The molecule has 0 bridgehead atoms. The first-order valence-electron chi connectivity index (χ1n) is 10.1. The number of para-hydroxylation sites is 2. The molecule has 0 atom stereocenters. The number of rotatable bonds is 6. The fraction of sp³-hybridized carbons (Fsp3) is 0.391. The summed E-state index contributed by atoms with van der Waals surface area (Å²) in [4.78, 5) is 19.5. The molecule has 2 aromatic carbocycles. The second-order valence-corrected chi connectivity index (χ2v) is 7.35. The number of methoxy groups -OCH3 is 3. The maximum Gasteiger partial charge on any atom is 0.227 e. The summed E-state index contributed by atoms with van der Waals surface area (Å²) in [5.74, 6) is 2.68. The van der Waals surface area contributed by atoms with Crippen molar-refractivity contribution in [3.8, 4) is 17.2 Å². The molecule has 1 fully saturated rings. The number of oxazole rings is 1. The minimum atomic E-state index is 0.0662. The largest absolute Gasteiger partial charge is 0.493 e. The Morgan fingerprint density at radius 1 is 1.03 bits per heavy atom. The van der Waals surface area contributed by atoms with E-state index in [1.54, 1.807) is 27.4 Å². The molecule has 0 radical (unpaired) electrons. The number of aromatic nitrogens is 1. The number of likely N-dealkylation sites (tertiary alicyclic amines) is 1. The third-order valence-electron chi connectivity index (χ3n) is 5.63. The van der Waals surface area contributed by atoms with Gasteiger partial charge in [0, 0.05) is 24.6 Å². The number of nitrogens with zero attached hydrogens (tertiary/aromatic N) is 2. The molecule has 4 rings (SSSR count). The van der Waals surface area contributed by atoms with Gasteiger partial charge < -0.3 is 23.5 Å². The van der Waals surface area contributed by atoms with E-state index >= 15 is 0 Å². The molecule has 0 N–H and O–H groups in total. The number of piperidine rings is 1. The molecule has 1 aliphatic heterocycles. The predicted molar refractivity (Wildman–Crippen MR) is 112 cm³/mol. The van der Waals surface area contributed by atoms with E-state index < -0.39 is 0 Å². The number of benzene rings is 2. The van der Waals surface area contributed by atoms with Crippen LogP contribution in [0, 0.1) is 0 Å². The third-order valence-corrected chi connectivity index (χ3v) is 5.63. The first-order valence-corrected chi connectivity index (χ1v) is 10.1. The number of hydrogen-bond donors (Lipinski definition) is 0. The minimum Gasteiger partial charge on any atom is -0.493 e. The Morgan fingerprint density at radius 3 is 2.43 bits per heavy atom. The van der Waals surface area contributed by atoms with E-state index in [-0.39, 0.29) is 18.2 Å². The number of carbonyl (C=O) groups is 1. The van der Waals surface area contributed by atoms with E-state index in [0.29, 0.717) is 30.3 Å². The summed E-state index contributed by atoms with van der Waals surface area (Å²) in [7, 11) is 4.70. The normalized spacial score (nSPS) is 14.7. The maximum atomic E-state index is 12.9. The van der Waals surface area contributed by atoms with Gasteiger partial charge in [-0.15, -0.1) is 0 Å². The van der Waals surface area contributed by atoms with Gasteiger partial charge in [-0.05, 0) is 31.0 Å². The summed E-state index contributed by atoms with van der Waals surface area (Å²) in [6.45, 7) is 1.36. The third kappa shape index (κ3) is 3.79. The highest BCUT2D eigenvalue weighted by Gasteiger charge is 2.28. The van der Waals surface area contributed by atoms with E-state index in [2.05, 4.69) is 4.98 Å². The Hall–Kier alpha value is -3.22. The Bertz CT molecular complexity index is 1000. The Labute approximate surface area is 175 Å². The molecule has 1 aliphatic rings. The molecule has 1 saturated heterocycles. The number of amides is 1. The first-order chi connectivity index (χ1) is 14.6. The molecule has 7 heteroatoms. The molecular formula is C23H26N2O5. The fourth-order valence-electron chi connectivity index (χ4n) is 4.02. The smallest absolute Gasteiger partial charge is 0.227 e. The molecule has 30 heavy (non-hydrogen) atoms. The van der Waals surface area contributed by atoms with E-state index in [1.807, 2.05) is 35.2 Å². The van der Waals surface area contributed by atoms with Crippen LogP contribution in [0.3, 0.4) is 0 Å². The second kappa shape index (κ2) is 8.65. The summed E-state index contributed by atoms with van der Waals surface area (Å²) in [6, 6.07) is 11.4. The van der Waals surface area contributed by atoms with Crippen LogP contribution in [0.4, 0.5) is 0 Å². The topological polar surface area (TPSA) is 74.0 Å². The highest BCUT2D eigenvalue weighted by molar-refractivity contribution is 5.80. The molecule has 1 amide bonds. The van der Waals surface area contributed by atoms with Gasteiger partial charge in [0.05, 0.1) is 27.8 Å². The fourth-order valence-corrected chi connectivity index (χ4v) is 4.02. The van der Waals surface area contributed by atoms with Crippen LogP contribution in [-0.2, 0) is 11.2 Å². The average molecular weight is 410 g/mol. The predicted octanol–water partition coefficient (Wildman–Crippen LogP) is 3.80. The molecule has 7 nitrogen and oxygen atoms in total. The molecule has 2 heterocycles. The monoisotopic (exact) mass is 410 g/mol. The molecular weight excluding hydrogens is 384 g/mol. The maximum absolute atomic E-state index is 12.9. The Morgan fingerprint density at radius 2 is 1.77 bits per heavy atom. The van der Waals surface area contributed by atoms with Crippen LogP contribution in [0.1, 0.15) is 30.2 Å². The van der Waals surface area contributed by atoms with Crippen molar-refractivity contribution in [3.05, 3.63) is 47.9 Å². The van der Waals surface area contributed by atoms with Gasteiger partial charge in [0.15, 0.2) is 23.0 Å². The van der Waals surface area contributed by atoms with Gasteiger partial charge in [0.25, 0.3) is 0 Å². The lowest BCUT2D eigenvalue weighted by molar-refractivity contribution is -0.131. The van der Waals surface area contributed by atoms with Crippen LogP contribution in [0.5, 0.6) is 17.2 Å². The van der Waals surface area contributed by atoms with Crippen molar-refractivity contribution in [1.82, 2.24) is 9.88 Å². The standard InChI is InChI=1S/C23H26N2O5/c1-27-19-9-8-16(21(28-2)22(19)29-3)14-20(26)25-12-10-15(11-13-25)23-24-17-6-4-5-7-18(17)30-23/h4-9,15H,10-14H2,1-3H3. The van der Waals surface area contributed by atoms with Crippen LogP contribution in [0.25, 0.3) is 11.1 Å². The van der Waals surface area contributed by atoms with Crippen LogP contribution in [0.2, 0.25) is 0 Å². The molecule has 1 aromatic heterocycles. The molecule has 0 aliphatic carbocycles. The van der Waals surface area contributed by atoms with Crippen LogP contribution < -0.4 is 14.2 Å². The van der Waals surface area contributed by atoms with E-state index in [9.17, 15) is 4.79 Å². The number of carbonyl (C=O) groups excluding carboxylic acids is 1. The van der Waals surface area contributed by atoms with E-state index in [4.69, 9.17) is 18.6 Å². The van der Waals surface area contributed by atoms with Crippen molar-refractivity contribution >= 4 is 17.0 Å². The molecule has 0 saturated carbocycles. The quantitative estimate of drug-likeness (QED) is 0.615. The first kappa shape index (κ1) is 20.1. The lowest BCUT2D eigenvalue weighted by Crippen LogP contribution is -2.38. The zero-order valence-corrected chi connectivity index (χ0v) is 17.5. The number of hydrogen-bond acceptors (Lipinski definition) is 6. The van der Waals surface area contributed by atoms with Gasteiger partial charge in [0.1, 0.15) is 5.52 Å². The molecule has 0 unspecified atom stereocenters. The second-order valence-electron chi connectivity index (χ2n) is 7.35. The summed E-state index contributed by atoms with van der Waals surface area (Å²) >= 11 is 0. The van der Waals surface area contributed by atoms with Crippen molar-refractivity contribution in [2.75, 3.05) is 34.4 Å². The zero-order valence-electron chi connectivity index (χ0n) is 17.5. The number of ether oxygens (including phenoxy) is 3. The van der Waals surface area contributed by atoms with Gasteiger partial charge in [0.2, 0.25) is 11.7 Å². The number of fused-ring (bicyclic) bond motifs is 1. The average Bonchev–Trinajstić information content (AvgIpc) is 3.23. The summed E-state index contributed by atoms with van der Waals surface area (Å²) in [5.41, 5.74) is 2.47. The molecule has 158 valence electrons. The lowest BCUT2D eigenvalue weighted by Gasteiger charge is -2.31. The van der Waals surface area contributed by atoms with Gasteiger partial charge in [-0.3, -0.25) is 4.79 Å². The van der Waals surface area contributed by atoms with E-state index in [0.717, 1.165) is 35.4 Å².